The minimum Gasteiger partial charge on any atom is -0.351 e. The summed E-state index contributed by atoms with van der Waals surface area (Å²) < 4.78 is 29.0. The third-order valence-corrected chi connectivity index (χ3v) is 5.70. The van der Waals surface area contributed by atoms with Crippen LogP contribution in [0.4, 0.5) is 5.69 Å². The Morgan fingerprint density at radius 1 is 0.900 bits per heavy atom. The minimum absolute atomic E-state index is 0.0446. The van der Waals surface area contributed by atoms with Crippen molar-refractivity contribution in [3.05, 3.63) is 78.6 Å². The number of carbonyl (C=O) groups excluding carboxylic acids is 2. The number of amides is 2. The van der Waals surface area contributed by atoms with Crippen LogP contribution in [-0.2, 0) is 14.8 Å². The summed E-state index contributed by atoms with van der Waals surface area (Å²) in [7, 11) is -3.72. The first-order valence-electron chi connectivity index (χ1n) is 9.24. The fraction of sp³-hybridized carbons (Fsp3) is 0.143. The van der Waals surface area contributed by atoms with Gasteiger partial charge in [-0.05, 0) is 60.7 Å². The van der Waals surface area contributed by atoms with E-state index in [1.807, 2.05) is 41.2 Å². The van der Waals surface area contributed by atoms with Crippen LogP contribution in [-0.4, -0.2) is 37.9 Å². The molecule has 30 heavy (non-hydrogen) atoms. The highest BCUT2D eigenvalue weighted by Gasteiger charge is 2.13. The fourth-order valence-corrected chi connectivity index (χ4v) is 3.79. The molecular weight excluding hydrogens is 404 g/mol. The topological polar surface area (TPSA) is 109 Å². The molecule has 2 amide bonds. The van der Waals surface area contributed by atoms with Crippen molar-refractivity contribution in [2.45, 2.75) is 11.8 Å². The van der Waals surface area contributed by atoms with Crippen LogP contribution >= 0.6 is 0 Å². The van der Waals surface area contributed by atoms with Crippen molar-refractivity contribution in [2.75, 3.05) is 18.4 Å². The molecular formula is C21H22N4O4S. The lowest BCUT2D eigenvalue weighted by molar-refractivity contribution is -0.114. The fourth-order valence-electron chi connectivity index (χ4n) is 2.76. The predicted octanol–water partition coefficient (Wildman–Crippen LogP) is 2.14. The molecule has 8 nitrogen and oxygen atoms in total. The van der Waals surface area contributed by atoms with Gasteiger partial charge in [0.25, 0.3) is 5.91 Å². The van der Waals surface area contributed by atoms with Gasteiger partial charge >= 0.3 is 0 Å². The number of nitrogens with zero attached hydrogens (tertiary/aromatic N) is 1. The normalized spacial score (nSPS) is 11.1. The van der Waals surface area contributed by atoms with Crippen molar-refractivity contribution in [2.24, 2.45) is 0 Å². The summed E-state index contributed by atoms with van der Waals surface area (Å²) in [5.74, 6) is -0.522. The van der Waals surface area contributed by atoms with Crippen LogP contribution in [0.2, 0.25) is 0 Å². The van der Waals surface area contributed by atoms with E-state index in [-0.39, 0.29) is 29.8 Å². The lowest BCUT2D eigenvalue weighted by Gasteiger charge is -2.09. The van der Waals surface area contributed by atoms with Crippen LogP contribution in [0.5, 0.6) is 0 Å². The molecule has 1 aromatic heterocycles. The number of nitrogens with one attached hydrogen (secondary N) is 3. The molecule has 3 aromatic rings. The van der Waals surface area contributed by atoms with Crippen LogP contribution < -0.4 is 15.4 Å². The largest absolute Gasteiger partial charge is 0.351 e. The van der Waals surface area contributed by atoms with E-state index >= 15 is 0 Å². The van der Waals surface area contributed by atoms with Gasteiger partial charge in [0.15, 0.2) is 0 Å². The van der Waals surface area contributed by atoms with Crippen molar-refractivity contribution in [3.8, 4) is 5.69 Å². The highest BCUT2D eigenvalue weighted by atomic mass is 32.2. The van der Waals surface area contributed by atoms with E-state index in [2.05, 4.69) is 15.4 Å². The molecule has 0 saturated carbocycles. The van der Waals surface area contributed by atoms with Gasteiger partial charge in [-0.15, -0.1) is 0 Å². The van der Waals surface area contributed by atoms with Gasteiger partial charge in [-0.3, -0.25) is 9.59 Å². The molecule has 0 radical (unpaired) electrons. The molecule has 0 unspecified atom stereocenters. The average Bonchev–Trinajstić information content (AvgIpc) is 3.26. The Morgan fingerprint density at radius 3 is 2.13 bits per heavy atom. The highest BCUT2D eigenvalue weighted by molar-refractivity contribution is 7.89. The molecule has 3 rings (SSSR count). The van der Waals surface area contributed by atoms with Crippen LogP contribution in [0.1, 0.15) is 17.3 Å². The van der Waals surface area contributed by atoms with E-state index in [1.165, 1.54) is 31.2 Å². The second kappa shape index (κ2) is 9.38. The zero-order valence-electron chi connectivity index (χ0n) is 16.3. The molecule has 156 valence electrons. The molecule has 0 bridgehead atoms. The molecule has 0 atom stereocenters. The summed E-state index contributed by atoms with van der Waals surface area (Å²) in [4.78, 5) is 23.3. The molecule has 0 aliphatic rings. The Kier molecular flexibility index (Phi) is 6.65. The summed E-state index contributed by atoms with van der Waals surface area (Å²) in [6.07, 6.45) is 3.82. The quantitative estimate of drug-likeness (QED) is 0.480. The number of carbonyl (C=O) groups is 2. The number of sulfonamides is 1. The summed E-state index contributed by atoms with van der Waals surface area (Å²) in [5, 5.41) is 5.26. The molecule has 9 heteroatoms. The number of hydrogen-bond donors (Lipinski definition) is 3. The van der Waals surface area contributed by atoms with Gasteiger partial charge in [0.1, 0.15) is 0 Å². The zero-order valence-corrected chi connectivity index (χ0v) is 17.1. The predicted molar refractivity (Wildman–Crippen MR) is 114 cm³/mol. The SMILES string of the molecule is CC(=O)Nc1ccc(S(=O)(=O)NCCNC(=O)c2ccc(-n3cccc3)cc2)cc1. The summed E-state index contributed by atoms with van der Waals surface area (Å²) in [6.45, 7) is 1.56. The lowest BCUT2D eigenvalue weighted by Crippen LogP contribution is -2.34. The molecule has 0 spiro atoms. The van der Waals surface area contributed by atoms with Gasteiger partial charge < -0.3 is 15.2 Å². The van der Waals surface area contributed by atoms with E-state index in [0.29, 0.717) is 11.3 Å². The van der Waals surface area contributed by atoms with Gasteiger partial charge in [0, 0.05) is 49.3 Å². The Balaban J connectivity index is 1.48. The molecule has 2 aromatic carbocycles. The number of hydrogen-bond acceptors (Lipinski definition) is 4. The second-order valence-corrected chi connectivity index (χ2v) is 8.26. The smallest absolute Gasteiger partial charge is 0.251 e. The zero-order chi connectivity index (χ0) is 21.6. The third-order valence-electron chi connectivity index (χ3n) is 4.22. The standard InChI is InChI=1S/C21H22N4O4S/c1-16(26)24-18-6-10-20(11-7-18)30(28,29)23-13-12-22-21(27)17-4-8-19(9-5-17)25-14-2-3-15-25/h2-11,14-15,23H,12-13H2,1H3,(H,22,27)(H,24,26). The van der Waals surface area contributed by atoms with Crippen LogP contribution in [0.25, 0.3) is 5.69 Å². The third kappa shape index (κ3) is 5.56. The van der Waals surface area contributed by atoms with E-state index in [9.17, 15) is 18.0 Å². The molecule has 0 saturated heterocycles. The highest BCUT2D eigenvalue weighted by Crippen LogP contribution is 2.14. The van der Waals surface area contributed by atoms with E-state index in [1.54, 1.807) is 12.1 Å². The average molecular weight is 426 g/mol. The van der Waals surface area contributed by atoms with Crippen LogP contribution in [0.3, 0.4) is 0 Å². The number of rotatable bonds is 8. The van der Waals surface area contributed by atoms with Gasteiger partial charge in [-0.1, -0.05) is 0 Å². The monoisotopic (exact) mass is 426 g/mol. The Hall–Kier alpha value is -3.43. The Labute approximate surface area is 175 Å². The molecule has 3 N–H and O–H groups in total. The van der Waals surface area contributed by atoms with Crippen LogP contribution in [0, 0.1) is 0 Å². The molecule has 1 heterocycles. The second-order valence-electron chi connectivity index (χ2n) is 6.50. The first-order chi connectivity index (χ1) is 14.3. The Bertz CT molecular complexity index is 1110. The van der Waals surface area contributed by atoms with E-state index < -0.39 is 10.0 Å². The first-order valence-corrected chi connectivity index (χ1v) is 10.7. The molecule has 0 aliphatic carbocycles. The summed E-state index contributed by atoms with van der Waals surface area (Å²) in [5.41, 5.74) is 1.94. The molecule has 0 fully saturated rings. The van der Waals surface area contributed by atoms with Crippen molar-refractivity contribution in [1.29, 1.82) is 0 Å². The maximum absolute atomic E-state index is 12.3. The maximum Gasteiger partial charge on any atom is 0.251 e. The van der Waals surface area contributed by atoms with E-state index in [0.717, 1.165) is 5.69 Å². The van der Waals surface area contributed by atoms with E-state index in [4.69, 9.17) is 0 Å². The van der Waals surface area contributed by atoms with Crippen molar-refractivity contribution < 1.29 is 18.0 Å². The summed E-state index contributed by atoms with van der Waals surface area (Å²) >= 11 is 0. The van der Waals surface area contributed by atoms with Crippen LogP contribution in [0.15, 0.2) is 78.0 Å². The Morgan fingerprint density at radius 2 is 1.53 bits per heavy atom. The van der Waals surface area contributed by atoms with Gasteiger partial charge in [0.05, 0.1) is 4.90 Å². The van der Waals surface area contributed by atoms with Gasteiger partial charge in [0.2, 0.25) is 15.9 Å². The first kappa shape index (κ1) is 21.3. The summed E-state index contributed by atoms with van der Waals surface area (Å²) in [6, 6.07) is 16.8. The van der Waals surface area contributed by atoms with Crippen molar-refractivity contribution in [1.82, 2.24) is 14.6 Å². The molecule has 0 aliphatic heterocycles. The van der Waals surface area contributed by atoms with Gasteiger partial charge in [-0.25, -0.2) is 13.1 Å². The van der Waals surface area contributed by atoms with Crippen molar-refractivity contribution >= 4 is 27.5 Å². The number of aromatic nitrogens is 1. The maximum atomic E-state index is 12.3. The lowest BCUT2D eigenvalue weighted by atomic mass is 10.2. The number of anilines is 1. The van der Waals surface area contributed by atoms with Crippen molar-refractivity contribution in [3.63, 3.8) is 0 Å². The number of benzene rings is 2. The van der Waals surface area contributed by atoms with Gasteiger partial charge in [-0.2, -0.15) is 0 Å². The minimum atomic E-state index is -3.72.